The van der Waals surface area contributed by atoms with E-state index in [0.717, 1.165) is 11.1 Å². The first kappa shape index (κ1) is 21.5. The Bertz CT molecular complexity index is 1350. The van der Waals surface area contributed by atoms with E-state index < -0.39 is 17.7 Å². The van der Waals surface area contributed by atoms with E-state index in [0.29, 0.717) is 34.1 Å². The van der Waals surface area contributed by atoms with E-state index in [2.05, 4.69) is 4.98 Å². The molecule has 0 aliphatic carbocycles. The van der Waals surface area contributed by atoms with Crippen LogP contribution in [0.5, 0.6) is 17.2 Å². The van der Waals surface area contributed by atoms with Crippen LogP contribution < -0.4 is 19.1 Å². The second-order valence-electron chi connectivity index (χ2n) is 8.15. The number of anilines is 1. The van der Waals surface area contributed by atoms with Gasteiger partial charge in [-0.3, -0.25) is 19.5 Å². The highest BCUT2D eigenvalue weighted by Gasteiger charge is 2.47. The summed E-state index contributed by atoms with van der Waals surface area (Å²) in [6.45, 7) is 3.82. The van der Waals surface area contributed by atoms with E-state index in [1.807, 2.05) is 19.9 Å². The summed E-state index contributed by atoms with van der Waals surface area (Å²) in [7, 11) is 1.50. The third kappa shape index (κ3) is 3.35. The number of hydrogen-bond donors (Lipinski definition) is 1. The molecule has 1 amide bonds. The third-order valence-electron chi connectivity index (χ3n) is 5.98. The molecule has 5 rings (SSSR count). The molecule has 1 unspecified atom stereocenters. The molecule has 0 bridgehead atoms. The zero-order chi connectivity index (χ0) is 24.0. The van der Waals surface area contributed by atoms with Crippen LogP contribution in [0.3, 0.4) is 0 Å². The largest absolute Gasteiger partial charge is 0.507 e. The Kier molecular flexibility index (Phi) is 5.20. The number of carbonyl (C=O) groups excluding carboxylic acids is 2. The van der Waals surface area contributed by atoms with Gasteiger partial charge in [-0.2, -0.15) is 0 Å². The molecule has 1 N–H and O–H groups in total. The van der Waals surface area contributed by atoms with Crippen molar-refractivity contribution in [2.24, 2.45) is 0 Å². The highest BCUT2D eigenvalue weighted by atomic mass is 16.7. The Morgan fingerprint density at radius 3 is 2.53 bits per heavy atom. The maximum absolute atomic E-state index is 13.4. The van der Waals surface area contributed by atoms with Gasteiger partial charge in [0.1, 0.15) is 11.5 Å². The number of ketones is 1. The SMILES string of the molecule is COc1c(C)cc(C)cc1/C(O)=C1\C(=O)C(=O)N(c2ccc3c(c2)OCO3)C1c1ccncc1. The van der Waals surface area contributed by atoms with Gasteiger partial charge in [0.05, 0.1) is 24.3 Å². The lowest BCUT2D eigenvalue weighted by Crippen LogP contribution is -2.29. The average Bonchev–Trinajstić information content (AvgIpc) is 3.40. The molecule has 0 saturated carbocycles. The van der Waals surface area contributed by atoms with Crippen LogP contribution in [0.25, 0.3) is 5.76 Å². The number of benzene rings is 2. The van der Waals surface area contributed by atoms with E-state index in [4.69, 9.17) is 14.2 Å². The number of aliphatic hydroxyl groups excluding tert-OH is 1. The highest BCUT2D eigenvalue weighted by molar-refractivity contribution is 6.51. The van der Waals surface area contributed by atoms with E-state index in [-0.39, 0.29) is 18.1 Å². The van der Waals surface area contributed by atoms with Gasteiger partial charge in [0.25, 0.3) is 11.7 Å². The number of methoxy groups -OCH3 is 1. The number of aromatic nitrogens is 1. The van der Waals surface area contributed by atoms with Crippen molar-refractivity contribution < 1.29 is 28.9 Å². The fourth-order valence-corrected chi connectivity index (χ4v) is 4.54. The van der Waals surface area contributed by atoms with Gasteiger partial charge < -0.3 is 19.3 Å². The molecule has 2 aliphatic heterocycles. The maximum Gasteiger partial charge on any atom is 0.300 e. The second-order valence-corrected chi connectivity index (χ2v) is 8.15. The molecule has 8 heteroatoms. The molecule has 1 fully saturated rings. The molecule has 0 radical (unpaired) electrons. The number of hydrogen-bond acceptors (Lipinski definition) is 7. The molecule has 172 valence electrons. The molecule has 0 spiro atoms. The lowest BCUT2D eigenvalue weighted by atomic mass is 9.94. The first-order valence-electron chi connectivity index (χ1n) is 10.7. The molecule has 8 nitrogen and oxygen atoms in total. The van der Waals surface area contributed by atoms with E-state index in [1.54, 1.807) is 48.8 Å². The van der Waals surface area contributed by atoms with Gasteiger partial charge in [-0.05, 0) is 60.9 Å². The lowest BCUT2D eigenvalue weighted by molar-refractivity contribution is -0.132. The number of aliphatic hydroxyl groups is 1. The van der Waals surface area contributed by atoms with Crippen molar-refractivity contribution >= 4 is 23.1 Å². The van der Waals surface area contributed by atoms with Crippen molar-refractivity contribution in [2.75, 3.05) is 18.8 Å². The quantitative estimate of drug-likeness (QED) is 0.358. The zero-order valence-electron chi connectivity index (χ0n) is 18.9. The first-order valence-corrected chi connectivity index (χ1v) is 10.7. The summed E-state index contributed by atoms with van der Waals surface area (Å²) in [5.74, 6) is -0.383. The summed E-state index contributed by atoms with van der Waals surface area (Å²) < 4.78 is 16.4. The molecule has 2 aromatic carbocycles. The average molecular weight is 458 g/mol. The van der Waals surface area contributed by atoms with Gasteiger partial charge in [0.15, 0.2) is 11.5 Å². The number of carbonyl (C=O) groups is 2. The molecule has 34 heavy (non-hydrogen) atoms. The number of rotatable bonds is 4. The van der Waals surface area contributed by atoms with Crippen molar-refractivity contribution in [2.45, 2.75) is 19.9 Å². The van der Waals surface area contributed by atoms with E-state index in [9.17, 15) is 14.7 Å². The number of pyridine rings is 1. The summed E-state index contributed by atoms with van der Waals surface area (Å²) >= 11 is 0. The molecule has 3 aromatic rings. The van der Waals surface area contributed by atoms with Crippen LogP contribution in [0, 0.1) is 13.8 Å². The minimum Gasteiger partial charge on any atom is -0.507 e. The summed E-state index contributed by atoms with van der Waals surface area (Å²) in [5.41, 5.74) is 3.07. The van der Waals surface area contributed by atoms with Crippen LogP contribution in [0.4, 0.5) is 5.69 Å². The summed E-state index contributed by atoms with van der Waals surface area (Å²) in [6, 6.07) is 11.2. The van der Waals surface area contributed by atoms with Gasteiger partial charge in [-0.1, -0.05) is 6.07 Å². The predicted molar refractivity (Wildman–Crippen MR) is 124 cm³/mol. The van der Waals surface area contributed by atoms with Crippen LogP contribution in [0.15, 0.2) is 60.4 Å². The summed E-state index contributed by atoms with van der Waals surface area (Å²) in [5, 5.41) is 11.5. The Balaban J connectivity index is 1.74. The number of ether oxygens (including phenoxy) is 3. The highest BCUT2D eigenvalue weighted by Crippen LogP contribution is 2.45. The van der Waals surface area contributed by atoms with Crippen molar-refractivity contribution in [3.63, 3.8) is 0 Å². The first-order chi connectivity index (χ1) is 16.4. The Morgan fingerprint density at radius 2 is 1.79 bits per heavy atom. The minimum atomic E-state index is -0.881. The van der Waals surface area contributed by atoms with Crippen LogP contribution in [-0.4, -0.2) is 35.7 Å². The number of fused-ring (bicyclic) bond motifs is 1. The van der Waals surface area contributed by atoms with Gasteiger partial charge in [-0.15, -0.1) is 0 Å². The van der Waals surface area contributed by atoms with Crippen LogP contribution >= 0.6 is 0 Å². The number of amides is 1. The zero-order valence-corrected chi connectivity index (χ0v) is 18.9. The Labute approximate surface area is 196 Å². The van der Waals surface area contributed by atoms with Gasteiger partial charge in [0, 0.05) is 24.1 Å². The summed E-state index contributed by atoms with van der Waals surface area (Å²) in [4.78, 5) is 32.1. The fourth-order valence-electron chi connectivity index (χ4n) is 4.54. The van der Waals surface area contributed by atoms with Crippen LogP contribution in [-0.2, 0) is 9.59 Å². The standard InChI is InChI=1S/C26H22N2O6/c1-14-10-15(2)25(32-3)18(11-14)23(29)21-22(16-6-8-27-9-7-16)28(26(31)24(21)30)17-4-5-19-20(12-17)34-13-33-19/h4-12,22,29H,13H2,1-3H3/b23-21+. The van der Waals surface area contributed by atoms with Gasteiger partial charge in [-0.25, -0.2) is 0 Å². The third-order valence-corrected chi connectivity index (χ3v) is 5.98. The van der Waals surface area contributed by atoms with Crippen LogP contribution in [0.1, 0.15) is 28.3 Å². The monoisotopic (exact) mass is 458 g/mol. The smallest absolute Gasteiger partial charge is 0.300 e. The van der Waals surface area contributed by atoms with E-state index in [1.165, 1.54) is 12.0 Å². The molecular formula is C26H22N2O6. The molecule has 1 atom stereocenters. The Morgan fingerprint density at radius 1 is 1.06 bits per heavy atom. The van der Waals surface area contributed by atoms with Crippen LogP contribution in [0.2, 0.25) is 0 Å². The fraction of sp³-hybridized carbons (Fsp3) is 0.192. The molecule has 1 saturated heterocycles. The lowest BCUT2D eigenvalue weighted by Gasteiger charge is -2.25. The summed E-state index contributed by atoms with van der Waals surface area (Å²) in [6.07, 6.45) is 3.15. The molecule has 1 aromatic heterocycles. The Hall–Kier alpha value is -4.33. The number of Topliss-reactive ketones (excluding diaryl/α,β-unsaturated/α-hetero) is 1. The predicted octanol–water partition coefficient (Wildman–Crippen LogP) is 4.06. The van der Waals surface area contributed by atoms with Gasteiger partial charge >= 0.3 is 0 Å². The molecular weight excluding hydrogens is 436 g/mol. The van der Waals surface area contributed by atoms with Gasteiger partial charge in [0.2, 0.25) is 6.79 Å². The molecule has 2 aliphatic rings. The van der Waals surface area contributed by atoms with Crippen molar-refractivity contribution in [3.8, 4) is 17.2 Å². The number of aryl methyl sites for hydroxylation is 2. The second kappa shape index (κ2) is 8.22. The van der Waals surface area contributed by atoms with Crippen molar-refractivity contribution in [1.29, 1.82) is 0 Å². The normalized spacial score (nSPS) is 18.4. The topological polar surface area (TPSA) is 98.2 Å². The van der Waals surface area contributed by atoms with Crippen molar-refractivity contribution in [3.05, 3.63) is 82.7 Å². The van der Waals surface area contributed by atoms with E-state index >= 15 is 0 Å². The number of nitrogens with zero attached hydrogens (tertiary/aromatic N) is 2. The van der Waals surface area contributed by atoms with Crippen molar-refractivity contribution in [1.82, 2.24) is 4.98 Å². The maximum atomic E-state index is 13.4. The molecule has 3 heterocycles. The minimum absolute atomic E-state index is 0.0304.